The summed E-state index contributed by atoms with van der Waals surface area (Å²) in [6.07, 6.45) is 0. The van der Waals surface area contributed by atoms with Crippen molar-refractivity contribution in [3.63, 3.8) is 0 Å². The Kier molecular flexibility index (Phi) is 4.32. The fourth-order valence-electron chi connectivity index (χ4n) is 2.47. The van der Waals surface area contributed by atoms with E-state index in [1.807, 2.05) is 11.8 Å². The Labute approximate surface area is 131 Å². The van der Waals surface area contributed by atoms with Crippen LogP contribution in [0.4, 0.5) is 5.69 Å². The Balaban J connectivity index is 1.97. The van der Waals surface area contributed by atoms with Crippen LogP contribution in [-0.4, -0.2) is 32.1 Å². The molecule has 21 heavy (non-hydrogen) atoms. The average molecular weight is 296 g/mol. The van der Waals surface area contributed by atoms with Crippen LogP contribution in [0.15, 0.2) is 64.9 Å². The van der Waals surface area contributed by atoms with Crippen molar-refractivity contribution in [1.82, 2.24) is 4.90 Å². The summed E-state index contributed by atoms with van der Waals surface area (Å²) in [5.74, 6) is 0. The minimum absolute atomic E-state index is 0.991. The van der Waals surface area contributed by atoms with Gasteiger partial charge in [0, 0.05) is 23.4 Å². The van der Waals surface area contributed by atoms with Crippen molar-refractivity contribution >= 4 is 23.1 Å². The first-order chi connectivity index (χ1) is 10.3. The highest BCUT2D eigenvalue weighted by Gasteiger charge is 2.20. The largest absolute Gasteiger partial charge is 0.338 e. The van der Waals surface area contributed by atoms with Crippen molar-refractivity contribution in [3.8, 4) is 0 Å². The van der Waals surface area contributed by atoms with Crippen LogP contribution in [0.25, 0.3) is 5.70 Å². The summed E-state index contributed by atoms with van der Waals surface area (Å²) < 4.78 is 0. The first-order valence-electron chi connectivity index (χ1n) is 7.19. The van der Waals surface area contributed by atoms with E-state index in [9.17, 15) is 0 Å². The maximum absolute atomic E-state index is 2.43. The van der Waals surface area contributed by atoms with Gasteiger partial charge in [-0.05, 0) is 31.8 Å². The zero-order chi connectivity index (χ0) is 14.7. The van der Waals surface area contributed by atoms with Gasteiger partial charge in [0.05, 0.1) is 11.4 Å². The highest BCUT2D eigenvalue weighted by molar-refractivity contribution is 8.02. The fourth-order valence-corrected chi connectivity index (χ4v) is 3.42. The number of hydrogen-bond acceptors (Lipinski definition) is 3. The molecule has 0 N–H and O–H groups in total. The quantitative estimate of drug-likeness (QED) is 0.836. The van der Waals surface area contributed by atoms with Crippen LogP contribution in [-0.2, 0) is 0 Å². The number of benzene rings is 2. The van der Waals surface area contributed by atoms with E-state index in [1.165, 1.54) is 21.8 Å². The standard InChI is InChI=1S/C18H20N2S/c1-19(2)12-13-20-16-10-6-7-11-18(16)21-14-17(20)15-8-4-3-5-9-15/h3-11,14H,12-13H2,1-2H3. The van der Waals surface area contributed by atoms with E-state index in [0.717, 1.165) is 13.1 Å². The molecule has 3 heteroatoms. The number of nitrogens with zero attached hydrogens (tertiary/aromatic N) is 2. The molecule has 0 saturated heterocycles. The molecule has 0 spiro atoms. The Bertz CT molecular complexity index is 635. The third-order valence-electron chi connectivity index (χ3n) is 3.58. The normalized spacial score (nSPS) is 14.0. The van der Waals surface area contributed by atoms with Crippen LogP contribution >= 0.6 is 11.8 Å². The molecule has 0 unspecified atom stereocenters. The van der Waals surface area contributed by atoms with Gasteiger partial charge in [-0.1, -0.05) is 54.2 Å². The number of para-hydroxylation sites is 1. The van der Waals surface area contributed by atoms with E-state index < -0.39 is 0 Å². The number of rotatable bonds is 4. The fraction of sp³-hybridized carbons (Fsp3) is 0.222. The molecule has 0 saturated carbocycles. The third-order valence-corrected chi connectivity index (χ3v) is 4.53. The van der Waals surface area contributed by atoms with Gasteiger partial charge >= 0.3 is 0 Å². The van der Waals surface area contributed by atoms with Gasteiger partial charge in [0.25, 0.3) is 0 Å². The zero-order valence-corrected chi connectivity index (χ0v) is 13.3. The second-order valence-corrected chi connectivity index (χ2v) is 6.32. The van der Waals surface area contributed by atoms with Gasteiger partial charge in [0.2, 0.25) is 0 Å². The summed E-state index contributed by atoms with van der Waals surface area (Å²) in [7, 11) is 4.24. The SMILES string of the molecule is CN(C)CCN1C(c2ccccc2)=CSc2ccccc21. The number of hydrogen-bond donors (Lipinski definition) is 0. The van der Waals surface area contributed by atoms with Crippen LogP contribution in [0.1, 0.15) is 5.56 Å². The smallest absolute Gasteiger partial charge is 0.0553 e. The molecule has 0 atom stereocenters. The Morgan fingerprint density at radius 3 is 2.43 bits per heavy atom. The zero-order valence-electron chi connectivity index (χ0n) is 12.5. The van der Waals surface area contributed by atoms with Crippen molar-refractivity contribution in [3.05, 3.63) is 65.6 Å². The number of anilines is 1. The predicted molar refractivity (Wildman–Crippen MR) is 92.6 cm³/mol. The molecule has 0 bridgehead atoms. The average Bonchev–Trinajstić information content (AvgIpc) is 2.53. The van der Waals surface area contributed by atoms with E-state index in [1.54, 1.807) is 0 Å². The molecule has 0 aromatic heterocycles. The molecular formula is C18H20N2S. The molecule has 0 radical (unpaired) electrons. The molecule has 2 nitrogen and oxygen atoms in total. The molecule has 108 valence electrons. The number of thioether (sulfide) groups is 1. The first kappa shape index (κ1) is 14.2. The molecule has 1 aliphatic heterocycles. The molecule has 0 aliphatic carbocycles. The van der Waals surface area contributed by atoms with Crippen molar-refractivity contribution in [2.45, 2.75) is 4.90 Å². The van der Waals surface area contributed by atoms with E-state index in [2.05, 4.69) is 83.9 Å². The van der Waals surface area contributed by atoms with Crippen LogP contribution < -0.4 is 4.90 Å². The molecule has 1 aliphatic rings. The van der Waals surface area contributed by atoms with Gasteiger partial charge in [0.1, 0.15) is 0 Å². The summed E-state index contributed by atoms with van der Waals surface area (Å²) in [6.45, 7) is 2.02. The minimum atomic E-state index is 0.991. The molecule has 0 fully saturated rings. The van der Waals surface area contributed by atoms with Crippen LogP contribution in [0.3, 0.4) is 0 Å². The highest BCUT2D eigenvalue weighted by Crippen LogP contribution is 2.41. The van der Waals surface area contributed by atoms with Gasteiger partial charge < -0.3 is 9.80 Å². The summed E-state index contributed by atoms with van der Waals surface area (Å²) >= 11 is 1.81. The Morgan fingerprint density at radius 2 is 1.67 bits per heavy atom. The number of fused-ring (bicyclic) bond motifs is 1. The van der Waals surface area contributed by atoms with Gasteiger partial charge in [-0.25, -0.2) is 0 Å². The van der Waals surface area contributed by atoms with Crippen molar-refractivity contribution in [1.29, 1.82) is 0 Å². The summed E-state index contributed by atoms with van der Waals surface area (Å²) in [5.41, 5.74) is 3.88. The Hall–Kier alpha value is -1.71. The van der Waals surface area contributed by atoms with Gasteiger partial charge in [0.15, 0.2) is 0 Å². The molecule has 2 aromatic carbocycles. The van der Waals surface area contributed by atoms with Crippen LogP contribution in [0, 0.1) is 0 Å². The monoisotopic (exact) mass is 296 g/mol. The summed E-state index contributed by atoms with van der Waals surface area (Å²) in [5, 5.41) is 2.27. The van der Waals surface area contributed by atoms with E-state index in [4.69, 9.17) is 0 Å². The molecule has 0 amide bonds. The molecule has 3 rings (SSSR count). The highest BCUT2D eigenvalue weighted by atomic mass is 32.2. The van der Waals surface area contributed by atoms with Crippen molar-refractivity contribution in [2.24, 2.45) is 0 Å². The van der Waals surface area contributed by atoms with E-state index in [-0.39, 0.29) is 0 Å². The maximum atomic E-state index is 2.43. The summed E-state index contributed by atoms with van der Waals surface area (Å²) in [4.78, 5) is 5.99. The van der Waals surface area contributed by atoms with Crippen molar-refractivity contribution < 1.29 is 0 Å². The predicted octanol–water partition coefficient (Wildman–Crippen LogP) is 4.16. The minimum Gasteiger partial charge on any atom is -0.338 e. The molecule has 1 heterocycles. The van der Waals surface area contributed by atoms with E-state index in [0.29, 0.717) is 0 Å². The molecule has 2 aromatic rings. The van der Waals surface area contributed by atoms with Gasteiger partial charge in [-0.3, -0.25) is 0 Å². The maximum Gasteiger partial charge on any atom is 0.0553 e. The lowest BCUT2D eigenvalue weighted by Gasteiger charge is -2.33. The van der Waals surface area contributed by atoms with Crippen LogP contribution in [0.2, 0.25) is 0 Å². The topological polar surface area (TPSA) is 6.48 Å². The summed E-state index contributed by atoms with van der Waals surface area (Å²) in [6, 6.07) is 19.3. The van der Waals surface area contributed by atoms with Crippen molar-refractivity contribution in [2.75, 3.05) is 32.1 Å². The second-order valence-electron chi connectivity index (χ2n) is 5.41. The number of likely N-dealkylation sites (N-methyl/N-ethyl adjacent to an activating group) is 1. The van der Waals surface area contributed by atoms with Crippen LogP contribution in [0.5, 0.6) is 0 Å². The first-order valence-corrected chi connectivity index (χ1v) is 8.07. The molecular weight excluding hydrogens is 276 g/mol. The van der Waals surface area contributed by atoms with E-state index >= 15 is 0 Å². The van der Waals surface area contributed by atoms with Gasteiger partial charge in [-0.2, -0.15) is 0 Å². The third kappa shape index (κ3) is 3.14. The van der Waals surface area contributed by atoms with Gasteiger partial charge in [-0.15, -0.1) is 0 Å². The lowest BCUT2D eigenvalue weighted by molar-refractivity contribution is 0.419. The second kappa shape index (κ2) is 6.37. The lowest BCUT2D eigenvalue weighted by Crippen LogP contribution is -2.31. The lowest BCUT2D eigenvalue weighted by atomic mass is 10.1. The Morgan fingerprint density at radius 1 is 0.952 bits per heavy atom.